The second-order valence-electron chi connectivity index (χ2n) is 4.92. The van der Waals surface area contributed by atoms with Gasteiger partial charge in [-0.1, -0.05) is 0 Å². The smallest absolute Gasteiger partial charge is 0.0716 e. The number of fused-ring (bicyclic) bond motifs is 2. The summed E-state index contributed by atoms with van der Waals surface area (Å²) >= 11 is 0. The quantitative estimate of drug-likeness (QED) is 0.649. The van der Waals surface area contributed by atoms with Crippen molar-refractivity contribution in [1.82, 2.24) is 0 Å². The Morgan fingerprint density at radius 1 is 1.42 bits per heavy atom. The molecule has 0 spiro atoms. The molecule has 2 heteroatoms. The van der Waals surface area contributed by atoms with Gasteiger partial charge in [-0.05, 0) is 40.0 Å². The Bertz CT molecular complexity index is 202. The number of rotatable bonds is 1. The van der Waals surface area contributed by atoms with Gasteiger partial charge in [-0.3, -0.25) is 0 Å². The average Bonchev–Trinajstić information content (AvgIpc) is 2.36. The lowest BCUT2D eigenvalue weighted by molar-refractivity contribution is -0.0532. The summed E-state index contributed by atoms with van der Waals surface area (Å²) in [6.45, 7) is 6.19. The van der Waals surface area contributed by atoms with Crippen LogP contribution in [0.25, 0.3) is 0 Å². The van der Waals surface area contributed by atoms with Gasteiger partial charge >= 0.3 is 0 Å². The van der Waals surface area contributed by atoms with Gasteiger partial charge in [0, 0.05) is 5.92 Å². The van der Waals surface area contributed by atoms with Crippen molar-refractivity contribution in [3.05, 3.63) is 0 Å². The normalized spacial score (nSPS) is 54.5. The molecule has 0 radical (unpaired) electrons. The van der Waals surface area contributed by atoms with Crippen molar-refractivity contribution in [3.8, 4) is 0 Å². The Hall–Kier alpha value is -0.0800. The molecular weight excluding hydrogens is 152 g/mol. The van der Waals surface area contributed by atoms with Crippen LogP contribution in [0.3, 0.4) is 0 Å². The second kappa shape index (κ2) is 2.24. The molecule has 70 valence electrons. The zero-order valence-electron chi connectivity index (χ0n) is 8.13. The number of aliphatic hydroxyl groups excluding tert-OH is 1. The monoisotopic (exact) mass is 170 g/mol. The SMILES string of the molecule is CC(O)C1CC2(C)CCC1(C)O2. The zero-order valence-corrected chi connectivity index (χ0v) is 8.13. The summed E-state index contributed by atoms with van der Waals surface area (Å²) in [6, 6.07) is 0. The number of hydrogen-bond acceptors (Lipinski definition) is 2. The Morgan fingerprint density at radius 2 is 2.08 bits per heavy atom. The van der Waals surface area contributed by atoms with E-state index in [4.69, 9.17) is 4.74 Å². The molecule has 0 aromatic heterocycles. The molecule has 2 heterocycles. The van der Waals surface area contributed by atoms with Crippen LogP contribution in [0.4, 0.5) is 0 Å². The second-order valence-corrected chi connectivity index (χ2v) is 4.92. The van der Waals surface area contributed by atoms with Gasteiger partial charge < -0.3 is 9.84 Å². The predicted molar refractivity (Wildman–Crippen MR) is 46.9 cm³/mol. The minimum Gasteiger partial charge on any atom is -0.393 e. The molecule has 0 aromatic carbocycles. The highest BCUT2D eigenvalue weighted by Crippen LogP contribution is 2.54. The maximum Gasteiger partial charge on any atom is 0.0716 e. The Morgan fingerprint density at radius 3 is 2.33 bits per heavy atom. The minimum absolute atomic E-state index is 0.0388. The molecule has 2 saturated heterocycles. The van der Waals surface area contributed by atoms with Crippen LogP contribution in [0, 0.1) is 5.92 Å². The summed E-state index contributed by atoms with van der Waals surface area (Å²) in [7, 11) is 0. The molecule has 2 aliphatic heterocycles. The first-order valence-corrected chi connectivity index (χ1v) is 4.83. The zero-order chi connectivity index (χ0) is 8.98. The van der Waals surface area contributed by atoms with Gasteiger partial charge in [-0.15, -0.1) is 0 Å². The van der Waals surface area contributed by atoms with Crippen molar-refractivity contribution in [2.75, 3.05) is 0 Å². The van der Waals surface area contributed by atoms with Gasteiger partial charge in [0.1, 0.15) is 0 Å². The van der Waals surface area contributed by atoms with Crippen molar-refractivity contribution in [2.24, 2.45) is 5.92 Å². The first-order chi connectivity index (χ1) is 5.45. The molecule has 0 aliphatic carbocycles. The summed E-state index contributed by atoms with van der Waals surface area (Å²) < 4.78 is 5.96. The van der Waals surface area contributed by atoms with Crippen LogP contribution in [-0.2, 0) is 4.74 Å². The molecule has 2 nitrogen and oxygen atoms in total. The summed E-state index contributed by atoms with van der Waals surface area (Å²) in [5.74, 6) is 0.344. The lowest BCUT2D eigenvalue weighted by atomic mass is 9.73. The highest BCUT2D eigenvalue weighted by molar-refractivity contribution is 5.06. The fourth-order valence-corrected chi connectivity index (χ4v) is 2.94. The van der Waals surface area contributed by atoms with Crippen LogP contribution in [-0.4, -0.2) is 22.4 Å². The van der Waals surface area contributed by atoms with E-state index in [0.29, 0.717) is 5.92 Å². The van der Waals surface area contributed by atoms with E-state index in [0.717, 1.165) is 19.3 Å². The number of ether oxygens (including phenoxy) is 1. The molecule has 4 atom stereocenters. The fourth-order valence-electron chi connectivity index (χ4n) is 2.94. The maximum absolute atomic E-state index is 9.57. The maximum atomic E-state index is 9.57. The first kappa shape index (κ1) is 8.52. The van der Waals surface area contributed by atoms with E-state index >= 15 is 0 Å². The standard InChI is InChI=1S/C10H18O2/c1-7(11)8-6-9(2)4-5-10(8,3)12-9/h7-8,11H,4-6H2,1-3H3. The van der Waals surface area contributed by atoms with Crippen molar-refractivity contribution in [2.45, 2.75) is 57.3 Å². The fraction of sp³-hybridized carbons (Fsp3) is 1.00. The van der Waals surface area contributed by atoms with Crippen molar-refractivity contribution in [3.63, 3.8) is 0 Å². The summed E-state index contributed by atoms with van der Waals surface area (Å²) in [4.78, 5) is 0. The third-order valence-electron chi connectivity index (χ3n) is 3.65. The highest BCUT2D eigenvalue weighted by atomic mass is 16.5. The van der Waals surface area contributed by atoms with E-state index in [-0.39, 0.29) is 17.3 Å². The Balaban J connectivity index is 2.22. The van der Waals surface area contributed by atoms with Crippen molar-refractivity contribution in [1.29, 1.82) is 0 Å². The number of hydrogen-bond donors (Lipinski definition) is 1. The van der Waals surface area contributed by atoms with Crippen LogP contribution in [0.1, 0.15) is 40.0 Å². The molecule has 4 unspecified atom stereocenters. The third-order valence-corrected chi connectivity index (χ3v) is 3.65. The van der Waals surface area contributed by atoms with Gasteiger partial charge in [0.05, 0.1) is 17.3 Å². The van der Waals surface area contributed by atoms with E-state index in [9.17, 15) is 5.11 Å². The lowest BCUT2D eigenvalue weighted by Crippen LogP contribution is -2.37. The molecule has 2 bridgehead atoms. The van der Waals surface area contributed by atoms with Gasteiger partial charge in [-0.2, -0.15) is 0 Å². The van der Waals surface area contributed by atoms with E-state index in [1.54, 1.807) is 0 Å². The first-order valence-electron chi connectivity index (χ1n) is 4.83. The molecule has 2 rings (SSSR count). The summed E-state index contributed by atoms with van der Waals surface area (Å²) in [6.07, 6.45) is 3.07. The largest absolute Gasteiger partial charge is 0.393 e. The van der Waals surface area contributed by atoms with E-state index in [2.05, 4.69) is 13.8 Å². The van der Waals surface area contributed by atoms with E-state index in [1.165, 1.54) is 0 Å². The van der Waals surface area contributed by atoms with Crippen LogP contribution < -0.4 is 0 Å². The molecule has 12 heavy (non-hydrogen) atoms. The van der Waals surface area contributed by atoms with Gasteiger partial charge in [0.2, 0.25) is 0 Å². The number of aliphatic hydroxyl groups is 1. The van der Waals surface area contributed by atoms with Crippen molar-refractivity contribution >= 4 is 0 Å². The molecular formula is C10H18O2. The molecule has 0 aromatic rings. The Kier molecular flexibility index (Phi) is 1.59. The van der Waals surface area contributed by atoms with E-state index < -0.39 is 0 Å². The van der Waals surface area contributed by atoms with Gasteiger partial charge in [0.25, 0.3) is 0 Å². The topological polar surface area (TPSA) is 29.5 Å². The van der Waals surface area contributed by atoms with Gasteiger partial charge in [0.15, 0.2) is 0 Å². The summed E-state index contributed by atoms with van der Waals surface area (Å²) in [5.41, 5.74) is 0.0271. The highest BCUT2D eigenvalue weighted by Gasteiger charge is 2.57. The van der Waals surface area contributed by atoms with Crippen molar-refractivity contribution < 1.29 is 9.84 Å². The van der Waals surface area contributed by atoms with E-state index in [1.807, 2.05) is 6.92 Å². The summed E-state index contributed by atoms with van der Waals surface area (Å²) in [5, 5.41) is 9.57. The average molecular weight is 170 g/mol. The molecule has 2 fully saturated rings. The van der Waals surface area contributed by atoms with Crippen LogP contribution in [0.5, 0.6) is 0 Å². The van der Waals surface area contributed by atoms with Crippen LogP contribution in [0.15, 0.2) is 0 Å². The molecule has 0 saturated carbocycles. The van der Waals surface area contributed by atoms with Gasteiger partial charge in [-0.25, -0.2) is 0 Å². The van der Waals surface area contributed by atoms with Crippen LogP contribution >= 0.6 is 0 Å². The van der Waals surface area contributed by atoms with Crippen LogP contribution in [0.2, 0.25) is 0 Å². The lowest BCUT2D eigenvalue weighted by Gasteiger charge is -2.31. The molecule has 2 aliphatic rings. The molecule has 1 N–H and O–H groups in total. The minimum atomic E-state index is -0.225. The Labute approximate surface area is 73.9 Å². The predicted octanol–water partition coefficient (Wildman–Crippen LogP) is 1.71. The third kappa shape index (κ3) is 1.01. The molecule has 0 amide bonds.